The lowest BCUT2D eigenvalue weighted by Gasteiger charge is -2.26. The van der Waals surface area contributed by atoms with E-state index < -0.39 is 11.6 Å². The minimum absolute atomic E-state index is 0.267. The van der Waals surface area contributed by atoms with Crippen molar-refractivity contribution < 1.29 is 8.78 Å². The van der Waals surface area contributed by atoms with E-state index in [1.165, 1.54) is 18.5 Å². The minimum Gasteiger partial charge on any atom is -0.368 e. The number of benzene rings is 2. The summed E-state index contributed by atoms with van der Waals surface area (Å²) in [6.45, 7) is 1.38. The largest absolute Gasteiger partial charge is 0.368 e. The predicted molar refractivity (Wildman–Crippen MR) is 127 cm³/mol. The summed E-state index contributed by atoms with van der Waals surface area (Å²) in [5.41, 5.74) is 2.89. The molecule has 0 radical (unpaired) electrons. The molecule has 0 spiro atoms. The first kappa shape index (κ1) is 21.5. The highest BCUT2D eigenvalue weighted by Gasteiger charge is 2.30. The fraction of sp³-hybridized carbons (Fsp3) is 0.240. The quantitative estimate of drug-likeness (QED) is 0.381. The van der Waals surface area contributed by atoms with E-state index in [0.29, 0.717) is 40.8 Å². The van der Waals surface area contributed by atoms with E-state index in [1.54, 1.807) is 0 Å². The minimum atomic E-state index is -0.440. The third-order valence-corrected chi connectivity index (χ3v) is 6.20. The third kappa shape index (κ3) is 4.59. The zero-order valence-corrected chi connectivity index (χ0v) is 18.6. The first-order valence-corrected chi connectivity index (χ1v) is 11.3. The van der Waals surface area contributed by atoms with Crippen molar-refractivity contribution in [3.05, 3.63) is 88.7 Å². The Labute approximate surface area is 195 Å². The van der Waals surface area contributed by atoms with Gasteiger partial charge in [-0.25, -0.2) is 23.7 Å². The number of aromatic nitrogens is 3. The van der Waals surface area contributed by atoms with Gasteiger partial charge < -0.3 is 10.2 Å². The second-order valence-corrected chi connectivity index (χ2v) is 8.52. The summed E-state index contributed by atoms with van der Waals surface area (Å²) >= 11 is 5.96. The van der Waals surface area contributed by atoms with E-state index >= 15 is 0 Å². The zero-order valence-electron chi connectivity index (χ0n) is 17.8. The van der Waals surface area contributed by atoms with Crippen LogP contribution in [0.25, 0.3) is 11.0 Å². The number of halogens is 3. The van der Waals surface area contributed by atoms with Gasteiger partial charge in [0.15, 0.2) is 5.82 Å². The first-order chi connectivity index (χ1) is 16.1. The number of hydrogen-bond acceptors (Lipinski definition) is 5. The van der Waals surface area contributed by atoms with E-state index in [1.807, 2.05) is 41.3 Å². The van der Waals surface area contributed by atoms with E-state index in [9.17, 15) is 8.78 Å². The molecule has 0 aliphatic carbocycles. The normalized spacial score (nSPS) is 15.8. The van der Waals surface area contributed by atoms with Crippen LogP contribution in [0.2, 0.25) is 5.02 Å². The molecule has 5 nitrogen and oxygen atoms in total. The molecule has 0 saturated carbocycles. The summed E-state index contributed by atoms with van der Waals surface area (Å²) in [7, 11) is 0. The van der Waals surface area contributed by atoms with Crippen molar-refractivity contribution >= 4 is 34.3 Å². The van der Waals surface area contributed by atoms with Crippen LogP contribution >= 0.6 is 11.6 Å². The van der Waals surface area contributed by atoms with Gasteiger partial charge in [0.25, 0.3) is 0 Å². The second-order valence-electron chi connectivity index (χ2n) is 8.08. The predicted octanol–water partition coefficient (Wildman–Crippen LogP) is 5.95. The monoisotopic (exact) mass is 465 g/mol. The number of anilines is 2. The van der Waals surface area contributed by atoms with Gasteiger partial charge in [0.1, 0.15) is 29.3 Å². The number of rotatable bonds is 6. The second kappa shape index (κ2) is 9.27. The fourth-order valence-corrected chi connectivity index (χ4v) is 4.46. The molecule has 1 fully saturated rings. The molecule has 168 valence electrons. The molecule has 5 rings (SSSR count). The summed E-state index contributed by atoms with van der Waals surface area (Å²) in [5, 5.41) is 4.06. The number of fused-ring (bicyclic) bond motifs is 1. The Morgan fingerprint density at radius 1 is 1.03 bits per heavy atom. The molecule has 33 heavy (non-hydrogen) atoms. The van der Waals surface area contributed by atoms with E-state index in [0.717, 1.165) is 36.4 Å². The van der Waals surface area contributed by atoms with Gasteiger partial charge in [0.2, 0.25) is 0 Å². The molecule has 1 atom stereocenters. The molecular weight excluding hydrogens is 444 g/mol. The van der Waals surface area contributed by atoms with Crippen LogP contribution in [0.3, 0.4) is 0 Å². The Morgan fingerprint density at radius 3 is 2.73 bits per heavy atom. The molecule has 1 saturated heterocycles. The average Bonchev–Trinajstić information content (AvgIpc) is 3.31. The Hall–Kier alpha value is -3.32. The standard InChI is InChI=1S/C25H22ClF2N5/c26-17-5-3-16(4-6-17)11-12-29-25-24-21(30-15-31-25)9-10-23(32-24)33-13-1-2-22(33)19-14-18(27)7-8-20(19)28/h3-10,14-15,22H,1-2,11-13H2,(H,29,30,31). The molecule has 1 N–H and O–H groups in total. The molecule has 1 aliphatic rings. The van der Waals surface area contributed by atoms with Crippen molar-refractivity contribution in [3.63, 3.8) is 0 Å². The van der Waals surface area contributed by atoms with Crippen molar-refractivity contribution in [2.75, 3.05) is 23.3 Å². The molecule has 4 aromatic rings. The van der Waals surface area contributed by atoms with Crippen LogP contribution in [-0.2, 0) is 6.42 Å². The van der Waals surface area contributed by atoms with Gasteiger partial charge in [-0.15, -0.1) is 0 Å². The smallest absolute Gasteiger partial charge is 0.156 e. The van der Waals surface area contributed by atoms with Gasteiger partial charge in [-0.1, -0.05) is 23.7 Å². The highest BCUT2D eigenvalue weighted by atomic mass is 35.5. The lowest BCUT2D eigenvalue weighted by atomic mass is 10.0. The number of nitrogens with one attached hydrogen (secondary N) is 1. The summed E-state index contributed by atoms with van der Waals surface area (Å²) in [6.07, 6.45) is 3.92. The van der Waals surface area contributed by atoms with E-state index in [-0.39, 0.29) is 6.04 Å². The van der Waals surface area contributed by atoms with Crippen molar-refractivity contribution in [1.82, 2.24) is 15.0 Å². The summed E-state index contributed by atoms with van der Waals surface area (Å²) < 4.78 is 28.3. The Kier molecular flexibility index (Phi) is 6.05. The third-order valence-electron chi connectivity index (χ3n) is 5.95. The summed E-state index contributed by atoms with van der Waals surface area (Å²) in [6, 6.07) is 14.9. The Balaban J connectivity index is 1.40. The van der Waals surface area contributed by atoms with Gasteiger partial charge in [-0.3, -0.25) is 0 Å². The average molecular weight is 466 g/mol. The van der Waals surface area contributed by atoms with Crippen molar-refractivity contribution in [3.8, 4) is 0 Å². The lowest BCUT2D eigenvalue weighted by molar-refractivity contribution is 0.560. The SMILES string of the molecule is Fc1ccc(F)c(C2CCCN2c2ccc3ncnc(NCCc4ccc(Cl)cc4)c3n2)c1. The van der Waals surface area contributed by atoms with Gasteiger partial charge in [0.05, 0.1) is 11.6 Å². The Morgan fingerprint density at radius 2 is 1.88 bits per heavy atom. The number of pyridine rings is 1. The van der Waals surface area contributed by atoms with Crippen molar-refractivity contribution in [2.45, 2.75) is 25.3 Å². The highest BCUT2D eigenvalue weighted by molar-refractivity contribution is 6.30. The number of nitrogens with zero attached hydrogens (tertiary/aromatic N) is 4. The molecule has 8 heteroatoms. The van der Waals surface area contributed by atoms with Crippen LogP contribution in [0.4, 0.5) is 20.4 Å². The molecular formula is C25H22ClF2N5. The molecule has 3 heterocycles. The maximum Gasteiger partial charge on any atom is 0.156 e. The summed E-state index contributed by atoms with van der Waals surface area (Å²) in [5.74, 6) is 0.500. The molecule has 2 aromatic heterocycles. The van der Waals surface area contributed by atoms with Gasteiger partial charge in [-0.05, 0) is 67.3 Å². The molecule has 0 amide bonds. The van der Waals surface area contributed by atoms with Crippen LogP contribution in [0.15, 0.2) is 60.9 Å². The molecule has 2 aromatic carbocycles. The summed E-state index contributed by atoms with van der Waals surface area (Å²) in [4.78, 5) is 15.6. The first-order valence-electron chi connectivity index (χ1n) is 10.9. The topological polar surface area (TPSA) is 53.9 Å². The van der Waals surface area contributed by atoms with E-state index in [4.69, 9.17) is 16.6 Å². The van der Waals surface area contributed by atoms with E-state index in [2.05, 4.69) is 15.3 Å². The molecule has 0 bridgehead atoms. The molecule has 1 unspecified atom stereocenters. The van der Waals surface area contributed by atoms with Gasteiger partial charge >= 0.3 is 0 Å². The van der Waals surface area contributed by atoms with Crippen LogP contribution in [0.5, 0.6) is 0 Å². The fourth-order valence-electron chi connectivity index (χ4n) is 4.33. The maximum atomic E-state index is 14.5. The van der Waals surface area contributed by atoms with Gasteiger partial charge in [-0.2, -0.15) is 0 Å². The lowest BCUT2D eigenvalue weighted by Crippen LogP contribution is -2.24. The highest BCUT2D eigenvalue weighted by Crippen LogP contribution is 2.37. The van der Waals surface area contributed by atoms with Crippen molar-refractivity contribution in [2.24, 2.45) is 0 Å². The van der Waals surface area contributed by atoms with Crippen molar-refractivity contribution in [1.29, 1.82) is 0 Å². The zero-order chi connectivity index (χ0) is 22.8. The van der Waals surface area contributed by atoms with Gasteiger partial charge in [0, 0.05) is 23.7 Å². The number of hydrogen-bond donors (Lipinski definition) is 1. The maximum absolute atomic E-state index is 14.5. The van der Waals surface area contributed by atoms with Crippen LogP contribution in [0, 0.1) is 11.6 Å². The van der Waals surface area contributed by atoms with Crippen LogP contribution in [0.1, 0.15) is 30.0 Å². The van der Waals surface area contributed by atoms with Crippen LogP contribution < -0.4 is 10.2 Å². The Bertz CT molecular complexity index is 1280. The molecule has 1 aliphatic heterocycles. The van der Waals surface area contributed by atoms with Crippen LogP contribution in [-0.4, -0.2) is 28.0 Å².